The van der Waals surface area contributed by atoms with E-state index in [9.17, 15) is 23.6 Å². The van der Waals surface area contributed by atoms with Crippen molar-refractivity contribution in [1.29, 1.82) is 0 Å². The molecule has 0 aliphatic rings. The summed E-state index contributed by atoms with van der Waals surface area (Å²) in [6, 6.07) is 53.7. The molecule has 2 unspecified atom stereocenters. The molecule has 0 aliphatic carbocycles. The number of hydrogen-bond donors (Lipinski definition) is 4. The first kappa shape index (κ1) is 71.5. The molecule has 0 spiro atoms. The van der Waals surface area contributed by atoms with Crippen LogP contribution < -0.4 is 33.3 Å². The molecular weight excluding hydrogens is 1190 g/mol. The molecule has 2 atom stereocenters. The van der Waals surface area contributed by atoms with E-state index in [1.807, 2.05) is 133 Å². The van der Waals surface area contributed by atoms with Gasteiger partial charge < -0.3 is 38.5 Å². The van der Waals surface area contributed by atoms with Gasteiger partial charge >= 0.3 is 35.1 Å². The van der Waals surface area contributed by atoms with E-state index in [1.54, 1.807) is 59.3 Å². The maximum Gasteiger partial charge on any atom is 2.00 e. The van der Waals surface area contributed by atoms with E-state index in [-0.39, 0.29) is 76.4 Å². The Morgan fingerprint density at radius 1 is 0.605 bits per heavy atom. The molecule has 5 N–H and O–H groups in total. The van der Waals surface area contributed by atoms with Crippen LogP contribution in [0.1, 0.15) is 114 Å². The number of benzene rings is 4. The zero-order valence-electron chi connectivity index (χ0n) is 47.6. The number of urea groups is 1. The molecule has 18 heteroatoms. The van der Waals surface area contributed by atoms with E-state index in [0.717, 1.165) is 41.8 Å². The van der Waals surface area contributed by atoms with Crippen LogP contribution >= 0.6 is 56.7 Å². The average molecular weight is 1260 g/mol. The van der Waals surface area contributed by atoms with Gasteiger partial charge in [-0.15, -0.1) is 56.7 Å². The number of carbonyl (C=O) groups excluding carboxylic acids is 3. The SMILES string of the molecule is CON(C)C(=O)c1ccc(C)s1.Cc1c[c-]ccc1.Cc1ccc(C(=O)O)s1.Cc1cccc(C(=O)c2ccc(C)s2)c1.Cc1cccc(C(N)c2ccc(C)s2)c1.Cc1cccc(C(NC(=O)NCCF)c2ccc(C)s2)c1.[Br-].[Mg+2]. The summed E-state index contributed by atoms with van der Waals surface area (Å²) < 4.78 is 12.2. The minimum absolute atomic E-state index is 0. The fourth-order valence-electron chi connectivity index (χ4n) is 7.07. The zero-order chi connectivity index (χ0) is 58.0. The second kappa shape index (κ2) is 37.5. The van der Waals surface area contributed by atoms with Crippen molar-refractivity contribution in [2.24, 2.45) is 5.73 Å². The van der Waals surface area contributed by atoms with Crippen molar-refractivity contribution in [2.45, 2.75) is 74.4 Å². The van der Waals surface area contributed by atoms with Gasteiger partial charge in [-0.2, -0.15) is 35.9 Å². The number of halogens is 2. The van der Waals surface area contributed by atoms with Gasteiger partial charge in [-0.05, 0) is 133 Å². The molecule has 9 rings (SSSR count). The van der Waals surface area contributed by atoms with Gasteiger partial charge in [0.05, 0.1) is 28.9 Å². The summed E-state index contributed by atoms with van der Waals surface area (Å²) in [6.45, 7) is 17.6. The number of alkyl halides is 1. The van der Waals surface area contributed by atoms with Crippen LogP contribution in [0.4, 0.5) is 9.18 Å². The number of carboxylic acids is 1. The van der Waals surface area contributed by atoms with E-state index in [0.29, 0.717) is 9.75 Å². The fraction of sp³-hybridized carbons (Fsp3) is 0.238. The number of hydroxylamine groups is 2. The predicted octanol–water partition coefficient (Wildman–Crippen LogP) is 12.6. The van der Waals surface area contributed by atoms with Gasteiger partial charge in [0.25, 0.3) is 5.91 Å². The molecule has 9 aromatic rings. The van der Waals surface area contributed by atoms with Gasteiger partial charge in [-0.1, -0.05) is 90.3 Å². The van der Waals surface area contributed by atoms with Gasteiger partial charge in [0.1, 0.15) is 11.6 Å². The maximum absolute atomic E-state index is 12.2. The fourth-order valence-corrected chi connectivity index (χ4v) is 11.3. The van der Waals surface area contributed by atoms with Crippen molar-refractivity contribution < 1.29 is 50.5 Å². The summed E-state index contributed by atoms with van der Waals surface area (Å²) in [7, 11) is 3.07. The Morgan fingerprint density at radius 2 is 1.07 bits per heavy atom. The second-order valence-corrected chi connectivity index (χ2v) is 24.5. The smallest absolute Gasteiger partial charge is 1.00 e. The molecule has 10 nitrogen and oxygen atoms in total. The minimum Gasteiger partial charge on any atom is -1.00 e. The number of aryl methyl sites for hydroxylation is 9. The van der Waals surface area contributed by atoms with Crippen molar-refractivity contribution >= 4 is 103 Å². The Kier molecular flexibility index (Phi) is 33.0. The quantitative estimate of drug-likeness (QED) is 0.0411. The van der Waals surface area contributed by atoms with E-state index < -0.39 is 12.6 Å². The second-order valence-electron chi connectivity index (χ2n) is 18.0. The molecule has 4 aromatic carbocycles. The van der Waals surface area contributed by atoms with Crippen molar-refractivity contribution in [2.75, 3.05) is 27.4 Å². The number of nitrogens with one attached hydrogen (secondary N) is 2. The molecule has 81 heavy (non-hydrogen) atoms. The summed E-state index contributed by atoms with van der Waals surface area (Å²) in [5.74, 6) is -0.819. The van der Waals surface area contributed by atoms with E-state index in [4.69, 9.17) is 15.7 Å². The Balaban J connectivity index is 0.000000340. The van der Waals surface area contributed by atoms with Crippen LogP contribution in [0.15, 0.2) is 158 Å². The molecule has 0 saturated carbocycles. The van der Waals surface area contributed by atoms with Crippen LogP contribution in [-0.4, -0.2) is 84.3 Å². The van der Waals surface area contributed by atoms with Crippen LogP contribution in [0, 0.1) is 68.4 Å². The Hall–Kier alpha value is -5.64. The predicted molar refractivity (Wildman–Crippen MR) is 334 cm³/mol. The van der Waals surface area contributed by atoms with Gasteiger partial charge in [0, 0.05) is 53.3 Å². The Bertz CT molecular complexity index is 3320. The monoisotopic (exact) mass is 1260 g/mol. The number of aromatic carboxylic acids is 1. The molecular formula is C63H70BrFMgN4O6S5. The summed E-state index contributed by atoms with van der Waals surface area (Å²) >= 11 is 7.73. The van der Waals surface area contributed by atoms with E-state index >= 15 is 0 Å². The number of carboxylic acid groups (broad SMARTS) is 1. The van der Waals surface area contributed by atoms with Crippen molar-refractivity contribution in [3.63, 3.8) is 0 Å². The number of nitrogens with two attached hydrogens (primary N) is 1. The molecule has 3 amide bonds. The molecule has 5 heterocycles. The van der Waals surface area contributed by atoms with Crippen molar-refractivity contribution in [3.05, 3.63) is 252 Å². The summed E-state index contributed by atoms with van der Waals surface area (Å²) in [4.78, 5) is 60.3. The summed E-state index contributed by atoms with van der Waals surface area (Å²) in [5.41, 5.74) is 14.0. The number of thiophene rings is 5. The number of rotatable bonds is 12. The molecule has 0 aliphatic heterocycles. The van der Waals surface area contributed by atoms with Crippen LogP contribution in [0.5, 0.6) is 0 Å². The van der Waals surface area contributed by atoms with Crippen LogP contribution in [0.2, 0.25) is 0 Å². The normalized spacial score (nSPS) is 10.6. The third-order valence-corrected chi connectivity index (χ3v) is 16.2. The topological polar surface area (TPSA) is 151 Å². The zero-order valence-corrected chi connectivity index (χ0v) is 54.7. The van der Waals surface area contributed by atoms with Crippen LogP contribution in [0.25, 0.3) is 0 Å². The van der Waals surface area contributed by atoms with Crippen molar-refractivity contribution in [3.8, 4) is 0 Å². The standard InChI is InChI=1S/C16H19FN2OS.C13H15NS.C13H12OS.C8H11NO2S.C7H7.C6H6O2S.BrH.Mg/c1-11-4-3-5-13(10-11)15(14-7-6-12(2)21-14)19-16(20)18-9-8-17;2*1-9-4-3-5-11(8-9)13(14)12-7-6-10(2)15-12;1-6-4-5-7(12-6)8(10)9(2)11-3;1-7-5-3-2-4-6-7;1-4-2-3-5(9-4)6(7)8;;/h3-7,10,15H,8-9H2,1-2H3,(H2,18,19,20);3-8,13H,14H2,1-2H3;3-8H,1-2H3;4-5H,1-3H3;2-3,5-6H,1H3;2-3H,1H3,(H,7,8);1H;/q;;;;-1;;;+2/p-1. The number of carbonyl (C=O) groups is 4. The number of hydrogen-bond acceptors (Lipinski definition) is 11. The molecule has 0 radical (unpaired) electrons. The van der Waals surface area contributed by atoms with Gasteiger partial charge in [0.2, 0.25) is 5.78 Å². The average Bonchev–Trinajstić information content (AvgIpc) is 4.32. The number of nitrogens with zero attached hydrogens (tertiary/aromatic N) is 1. The molecule has 5 aromatic heterocycles. The molecule has 0 saturated heterocycles. The minimum atomic E-state index is -0.840. The summed E-state index contributed by atoms with van der Waals surface area (Å²) in [5, 5.41) is 15.0. The molecule has 424 valence electrons. The van der Waals surface area contributed by atoms with Crippen molar-refractivity contribution in [1.82, 2.24) is 15.7 Å². The Morgan fingerprint density at radius 3 is 1.49 bits per heavy atom. The number of amides is 3. The number of ketones is 1. The van der Waals surface area contributed by atoms with E-state index in [1.165, 1.54) is 71.0 Å². The van der Waals surface area contributed by atoms with Gasteiger partial charge in [-0.25, -0.2) is 19.0 Å². The Labute approximate surface area is 524 Å². The van der Waals surface area contributed by atoms with Crippen LogP contribution in [0.3, 0.4) is 0 Å². The third kappa shape index (κ3) is 25.6. The third-order valence-electron chi connectivity index (χ3n) is 11.1. The first-order valence-electron chi connectivity index (χ1n) is 25.1. The van der Waals surface area contributed by atoms with E-state index in [2.05, 4.69) is 86.0 Å². The van der Waals surface area contributed by atoms with Crippen LogP contribution in [-0.2, 0) is 4.84 Å². The first-order chi connectivity index (χ1) is 37.7. The first-order valence-corrected chi connectivity index (χ1v) is 29.2. The largest absolute Gasteiger partial charge is 2.00 e. The molecule has 0 fully saturated rings. The maximum atomic E-state index is 12.2. The van der Waals surface area contributed by atoms with Gasteiger partial charge in [-0.3, -0.25) is 14.4 Å². The summed E-state index contributed by atoms with van der Waals surface area (Å²) in [6.07, 6.45) is 0. The van der Waals surface area contributed by atoms with Gasteiger partial charge in [0.15, 0.2) is 0 Å². The molecule has 0 bridgehead atoms.